The van der Waals surface area contributed by atoms with Crippen LogP contribution in [0.4, 0.5) is 0 Å². The van der Waals surface area contributed by atoms with Crippen LogP contribution in [-0.2, 0) is 5.41 Å². The molecule has 1 saturated carbocycles. The molecule has 0 saturated heterocycles. The number of aliphatic hydroxyl groups is 1. The number of aryl methyl sites for hydroxylation is 2. The zero-order chi connectivity index (χ0) is 12.0. The van der Waals surface area contributed by atoms with E-state index < -0.39 is 0 Å². The summed E-state index contributed by atoms with van der Waals surface area (Å²) in [5, 5.41) is 10.4. The minimum absolute atomic E-state index is 0.00162. The van der Waals surface area contributed by atoms with Crippen LogP contribution in [0.15, 0.2) is 16.5 Å². The van der Waals surface area contributed by atoms with E-state index in [4.69, 9.17) is 4.42 Å². The molecule has 17 heavy (non-hydrogen) atoms. The molecule has 2 aromatic rings. The first kappa shape index (κ1) is 11.0. The summed E-state index contributed by atoms with van der Waals surface area (Å²) in [6.45, 7) is 4.18. The Kier molecular flexibility index (Phi) is 2.38. The van der Waals surface area contributed by atoms with Crippen LogP contribution in [0.5, 0.6) is 0 Å². The maximum absolute atomic E-state index is 9.47. The molecule has 1 aliphatic carbocycles. The largest absolute Gasteiger partial charge is 0.459 e. The highest BCUT2D eigenvalue weighted by Gasteiger charge is 2.46. The normalized spacial score (nSPS) is 17.4. The molecular formula is C13H15NO2S. The fourth-order valence-corrected chi connectivity index (χ4v) is 3.42. The van der Waals surface area contributed by atoms with Gasteiger partial charge in [0.25, 0.3) is 0 Å². The molecule has 0 amide bonds. The van der Waals surface area contributed by atoms with E-state index in [1.807, 2.05) is 26.0 Å². The van der Waals surface area contributed by atoms with Crippen molar-refractivity contribution < 1.29 is 9.52 Å². The third-order valence-electron chi connectivity index (χ3n) is 3.39. The average Bonchev–Trinajstić information content (AvgIpc) is 2.83. The van der Waals surface area contributed by atoms with Gasteiger partial charge in [-0.1, -0.05) is 0 Å². The Hall–Kier alpha value is -1.13. The van der Waals surface area contributed by atoms with Crippen molar-refractivity contribution in [2.24, 2.45) is 0 Å². The third kappa shape index (κ3) is 1.72. The fraction of sp³-hybridized carbons (Fsp3) is 0.462. The van der Waals surface area contributed by atoms with Gasteiger partial charge >= 0.3 is 0 Å². The van der Waals surface area contributed by atoms with Crippen LogP contribution in [0.1, 0.15) is 29.2 Å². The number of aromatic nitrogens is 1. The number of rotatable bonds is 3. The first-order chi connectivity index (χ1) is 8.14. The van der Waals surface area contributed by atoms with Crippen molar-refractivity contribution in [3.8, 4) is 10.8 Å². The maximum Gasteiger partial charge on any atom is 0.162 e. The number of furan rings is 1. The second-order valence-corrected chi connectivity index (χ2v) is 5.78. The van der Waals surface area contributed by atoms with Gasteiger partial charge in [0.2, 0.25) is 0 Å². The van der Waals surface area contributed by atoms with E-state index in [1.54, 1.807) is 11.3 Å². The van der Waals surface area contributed by atoms with E-state index >= 15 is 0 Å². The maximum atomic E-state index is 9.47. The molecule has 2 heterocycles. The number of thiazole rings is 1. The fourth-order valence-electron chi connectivity index (χ4n) is 2.15. The van der Waals surface area contributed by atoms with Crippen molar-refractivity contribution in [3.63, 3.8) is 0 Å². The summed E-state index contributed by atoms with van der Waals surface area (Å²) in [7, 11) is 0. The highest BCUT2D eigenvalue weighted by atomic mass is 32.1. The smallest absolute Gasteiger partial charge is 0.162 e. The van der Waals surface area contributed by atoms with Crippen molar-refractivity contribution in [1.82, 2.24) is 4.98 Å². The van der Waals surface area contributed by atoms with Crippen LogP contribution in [-0.4, -0.2) is 16.7 Å². The Morgan fingerprint density at radius 2 is 2.18 bits per heavy atom. The summed E-state index contributed by atoms with van der Waals surface area (Å²) >= 11 is 1.66. The second-order valence-electron chi connectivity index (χ2n) is 4.78. The number of aliphatic hydroxyl groups excluding tert-OH is 1. The Bertz CT molecular complexity index is 552. The number of hydrogen-bond acceptors (Lipinski definition) is 4. The van der Waals surface area contributed by atoms with Crippen LogP contribution >= 0.6 is 11.3 Å². The van der Waals surface area contributed by atoms with Crippen LogP contribution in [0.3, 0.4) is 0 Å². The van der Waals surface area contributed by atoms with Crippen LogP contribution in [0.25, 0.3) is 10.8 Å². The minimum atomic E-state index is 0.00162. The molecule has 3 nitrogen and oxygen atoms in total. The van der Waals surface area contributed by atoms with Gasteiger partial charge in [0.15, 0.2) is 10.8 Å². The molecule has 90 valence electrons. The summed E-state index contributed by atoms with van der Waals surface area (Å²) in [6.07, 6.45) is 2.15. The van der Waals surface area contributed by atoms with Crippen molar-refractivity contribution in [2.45, 2.75) is 32.1 Å². The molecule has 3 rings (SSSR count). The van der Waals surface area contributed by atoms with Gasteiger partial charge in [-0.3, -0.25) is 0 Å². The predicted octanol–water partition coefficient (Wildman–Crippen LogP) is 3.04. The van der Waals surface area contributed by atoms with Gasteiger partial charge in [0.05, 0.1) is 12.3 Å². The summed E-state index contributed by atoms with van der Waals surface area (Å²) < 4.78 is 5.59. The Morgan fingerprint density at radius 1 is 1.41 bits per heavy atom. The molecular weight excluding hydrogens is 234 g/mol. The number of nitrogens with zero attached hydrogens (tertiary/aromatic N) is 1. The van der Waals surface area contributed by atoms with Crippen molar-refractivity contribution in [3.05, 3.63) is 28.5 Å². The zero-order valence-electron chi connectivity index (χ0n) is 9.99. The lowest BCUT2D eigenvalue weighted by Gasteiger charge is -2.08. The van der Waals surface area contributed by atoms with Crippen molar-refractivity contribution >= 4 is 11.3 Å². The van der Waals surface area contributed by atoms with Gasteiger partial charge in [-0.15, -0.1) is 11.3 Å². The lowest BCUT2D eigenvalue weighted by molar-refractivity contribution is 0.256. The van der Waals surface area contributed by atoms with Crippen LogP contribution in [0, 0.1) is 13.8 Å². The SMILES string of the molecule is Cc1ccc(-c2nc(C)c(C3(CO)CC3)s2)o1. The molecule has 0 atom stereocenters. The zero-order valence-corrected chi connectivity index (χ0v) is 10.8. The first-order valence-corrected chi connectivity index (χ1v) is 6.62. The predicted molar refractivity (Wildman–Crippen MR) is 67.3 cm³/mol. The Balaban J connectivity index is 2.01. The van der Waals surface area contributed by atoms with Crippen molar-refractivity contribution in [1.29, 1.82) is 0 Å². The second kappa shape index (κ2) is 3.68. The molecule has 0 unspecified atom stereocenters. The quantitative estimate of drug-likeness (QED) is 0.909. The molecule has 1 fully saturated rings. The molecule has 1 N–H and O–H groups in total. The first-order valence-electron chi connectivity index (χ1n) is 5.80. The Labute approximate surface area is 104 Å². The molecule has 2 aromatic heterocycles. The molecule has 1 aliphatic rings. The molecule has 0 radical (unpaired) electrons. The molecule has 0 aromatic carbocycles. The van der Waals surface area contributed by atoms with E-state index in [1.165, 1.54) is 4.88 Å². The highest BCUT2D eigenvalue weighted by molar-refractivity contribution is 7.15. The Morgan fingerprint density at radius 3 is 2.71 bits per heavy atom. The third-order valence-corrected chi connectivity index (χ3v) is 4.80. The lowest BCUT2D eigenvalue weighted by atomic mass is 10.1. The van der Waals surface area contributed by atoms with Crippen LogP contribution in [0.2, 0.25) is 0 Å². The highest BCUT2D eigenvalue weighted by Crippen LogP contribution is 2.51. The molecule has 4 heteroatoms. The summed E-state index contributed by atoms with van der Waals surface area (Å²) in [6, 6.07) is 3.90. The minimum Gasteiger partial charge on any atom is -0.459 e. The van der Waals surface area contributed by atoms with Crippen molar-refractivity contribution in [2.75, 3.05) is 6.61 Å². The van der Waals surface area contributed by atoms with Gasteiger partial charge in [-0.05, 0) is 38.8 Å². The van der Waals surface area contributed by atoms with Crippen LogP contribution < -0.4 is 0 Å². The molecule has 0 aliphatic heterocycles. The van der Waals surface area contributed by atoms with Gasteiger partial charge in [-0.25, -0.2) is 4.98 Å². The number of hydrogen-bond donors (Lipinski definition) is 1. The van der Waals surface area contributed by atoms with E-state index in [0.29, 0.717) is 0 Å². The van der Waals surface area contributed by atoms with E-state index in [2.05, 4.69) is 4.98 Å². The van der Waals surface area contributed by atoms with E-state index in [9.17, 15) is 5.11 Å². The molecule has 0 bridgehead atoms. The van der Waals surface area contributed by atoms with Gasteiger partial charge < -0.3 is 9.52 Å². The standard InChI is InChI=1S/C13H15NO2S/c1-8-3-4-10(16-8)12-14-9(2)11(17-12)13(7-15)5-6-13/h3-4,15H,5-7H2,1-2H3. The average molecular weight is 249 g/mol. The van der Waals surface area contributed by atoms with Gasteiger partial charge in [-0.2, -0.15) is 0 Å². The monoisotopic (exact) mass is 249 g/mol. The molecule has 0 spiro atoms. The summed E-state index contributed by atoms with van der Waals surface area (Å²) in [5.41, 5.74) is 1.03. The topological polar surface area (TPSA) is 46.3 Å². The summed E-state index contributed by atoms with van der Waals surface area (Å²) in [4.78, 5) is 5.79. The van der Waals surface area contributed by atoms with Gasteiger partial charge in [0.1, 0.15) is 5.76 Å². The van der Waals surface area contributed by atoms with Gasteiger partial charge in [0, 0.05) is 10.3 Å². The van der Waals surface area contributed by atoms with E-state index in [0.717, 1.165) is 35.1 Å². The summed E-state index contributed by atoms with van der Waals surface area (Å²) in [5.74, 6) is 1.73. The lowest BCUT2D eigenvalue weighted by Crippen LogP contribution is -2.11. The van der Waals surface area contributed by atoms with E-state index in [-0.39, 0.29) is 12.0 Å².